The van der Waals surface area contributed by atoms with Crippen LogP contribution in [0.5, 0.6) is 0 Å². The van der Waals surface area contributed by atoms with Crippen LogP contribution < -0.4 is 0 Å². The first-order chi connectivity index (χ1) is 11.3. The Morgan fingerprint density at radius 3 is 2.67 bits per heavy atom. The van der Waals surface area contributed by atoms with E-state index in [2.05, 4.69) is 10.1 Å². The summed E-state index contributed by atoms with van der Waals surface area (Å²) in [6, 6.07) is 3.73. The number of rotatable bonds is 3. The molecule has 24 heavy (non-hydrogen) atoms. The van der Waals surface area contributed by atoms with Crippen LogP contribution in [-0.4, -0.2) is 37.4 Å². The molecule has 7 heteroatoms. The van der Waals surface area contributed by atoms with E-state index >= 15 is 0 Å². The van der Waals surface area contributed by atoms with Crippen LogP contribution in [0, 0.1) is 11.6 Å². The number of β-amino-alcohol motifs (C(OH)–C–C–N with tert-alkyl or cyclic N) is 1. The maximum atomic E-state index is 13.6. The molecule has 0 saturated carbocycles. The van der Waals surface area contributed by atoms with Crippen molar-refractivity contribution >= 4 is 0 Å². The molecule has 1 aromatic heterocycles. The van der Waals surface area contributed by atoms with Gasteiger partial charge in [-0.3, -0.25) is 4.90 Å². The molecule has 1 aliphatic heterocycles. The van der Waals surface area contributed by atoms with Gasteiger partial charge in [-0.15, -0.1) is 0 Å². The molecule has 1 aromatic carbocycles. The zero-order chi connectivity index (χ0) is 17.5. The molecule has 2 aromatic rings. The third-order valence-electron chi connectivity index (χ3n) is 4.31. The number of halogens is 2. The summed E-state index contributed by atoms with van der Waals surface area (Å²) in [5.41, 5.74) is 0.453. The lowest BCUT2D eigenvalue weighted by Crippen LogP contribution is -2.31. The molecular formula is C17H22F2N4O. The highest BCUT2D eigenvalue weighted by atomic mass is 19.2. The second-order valence-electron chi connectivity index (χ2n) is 7.27. The quantitative estimate of drug-likeness (QED) is 0.936. The molecule has 0 aliphatic carbocycles. The van der Waals surface area contributed by atoms with Crippen LogP contribution >= 0.6 is 0 Å². The fourth-order valence-corrected chi connectivity index (χ4v) is 3.24. The van der Waals surface area contributed by atoms with Crippen molar-refractivity contribution in [3.63, 3.8) is 0 Å². The highest BCUT2D eigenvalue weighted by Crippen LogP contribution is 2.34. The third kappa shape index (κ3) is 3.32. The summed E-state index contributed by atoms with van der Waals surface area (Å²) in [4.78, 5) is 6.36. The molecule has 0 unspecified atom stereocenters. The summed E-state index contributed by atoms with van der Waals surface area (Å²) in [7, 11) is 0. The Morgan fingerprint density at radius 1 is 1.25 bits per heavy atom. The second-order valence-corrected chi connectivity index (χ2v) is 7.27. The van der Waals surface area contributed by atoms with E-state index in [0.29, 0.717) is 25.1 Å². The second kappa shape index (κ2) is 6.22. The summed E-state index contributed by atoms with van der Waals surface area (Å²) in [6.07, 6.45) is 1.49. The minimum Gasteiger partial charge on any atom is -0.392 e. The van der Waals surface area contributed by atoms with Crippen molar-refractivity contribution < 1.29 is 13.9 Å². The van der Waals surface area contributed by atoms with E-state index in [0.717, 1.165) is 11.9 Å². The first-order valence-corrected chi connectivity index (χ1v) is 8.02. The Balaban J connectivity index is 1.86. The zero-order valence-corrected chi connectivity index (χ0v) is 14.1. The van der Waals surface area contributed by atoms with Crippen LogP contribution in [0.15, 0.2) is 24.5 Å². The summed E-state index contributed by atoms with van der Waals surface area (Å²) in [6.45, 7) is 7.06. The van der Waals surface area contributed by atoms with Gasteiger partial charge >= 0.3 is 0 Å². The molecule has 2 heterocycles. The van der Waals surface area contributed by atoms with E-state index in [-0.39, 0.29) is 11.6 Å². The molecule has 1 aliphatic rings. The normalized spacial score (nSPS) is 22.2. The van der Waals surface area contributed by atoms with Gasteiger partial charge in [-0.25, -0.2) is 18.4 Å². The van der Waals surface area contributed by atoms with E-state index < -0.39 is 17.7 Å². The first-order valence-electron chi connectivity index (χ1n) is 8.02. The average Bonchev–Trinajstić information content (AvgIpc) is 3.09. The first kappa shape index (κ1) is 17.0. The number of aliphatic hydroxyl groups excluding tert-OH is 1. The molecular weight excluding hydrogens is 314 g/mol. The number of likely N-dealkylation sites (tertiary alicyclic amines) is 1. The number of hydrogen-bond acceptors (Lipinski definition) is 4. The van der Waals surface area contributed by atoms with Gasteiger partial charge in [0.05, 0.1) is 18.2 Å². The molecule has 2 atom stereocenters. The van der Waals surface area contributed by atoms with Crippen LogP contribution in [-0.2, 0) is 12.1 Å². The van der Waals surface area contributed by atoms with Gasteiger partial charge in [0, 0.05) is 12.6 Å². The Bertz CT molecular complexity index is 726. The molecule has 1 saturated heterocycles. The SMILES string of the molecule is CC(C)(C)n1ncnc1CN1C[C@@H](O)C[C@@H]1c1ccc(F)c(F)c1. The number of hydrogen-bond donors (Lipinski definition) is 1. The molecule has 0 bridgehead atoms. The van der Waals surface area contributed by atoms with Crippen molar-refractivity contribution in [2.24, 2.45) is 0 Å². The predicted octanol–water partition coefficient (Wildman–Crippen LogP) is 2.62. The van der Waals surface area contributed by atoms with Crippen molar-refractivity contribution in [2.75, 3.05) is 6.54 Å². The van der Waals surface area contributed by atoms with Gasteiger partial charge in [-0.2, -0.15) is 5.10 Å². The van der Waals surface area contributed by atoms with Crippen molar-refractivity contribution in [3.05, 3.63) is 47.5 Å². The minimum absolute atomic E-state index is 0.180. The number of benzene rings is 1. The van der Waals surface area contributed by atoms with Gasteiger partial charge in [0.1, 0.15) is 12.2 Å². The molecule has 0 radical (unpaired) electrons. The minimum atomic E-state index is -0.869. The van der Waals surface area contributed by atoms with E-state index in [4.69, 9.17) is 0 Å². The maximum absolute atomic E-state index is 13.6. The molecule has 1 fully saturated rings. The van der Waals surface area contributed by atoms with Gasteiger partial charge in [-0.05, 0) is 44.9 Å². The van der Waals surface area contributed by atoms with E-state index in [9.17, 15) is 13.9 Å². The third-order valence-corrected chi connectivity index (χ3v) is 4.31. The summed E-state index contributed by atoms with van der Waals surface area (Å²) in [5.74, 6) is -0.952. The van der Waals surface area contributed by atoms with Crippen LogP contribution in [0.2, 0.25) is 0 Å². The van der Waals surface area contributed by atoms with Gasteiger partial charge in [0.25, 0.3) is 0 Å². The summed E-state index contributed by atoms with van der Waals surface area (Å²) in [5, 5.41) is 14.3. The largest absolute Gasteiger partial charge is 0.392 e. The zero-order valence-electron chi connectivity index (χ0n) is 14.1. The monoisotopic (exact) mass is 336 g/mol. The lowest BCUT2D eigenvalue weighted by molar-refractivity contribution is 0.168. The predicted molar refractivity (Wildman–Crippen MR) is 85.2 cm³/mol. The van der Waals surface area contributed by atoms with Crippen LogP contribution in [0.25, 0.3) is 0 Å². The Kier molecular flexibility index (Phi) is 4.40. The molecule has 0 amide bonds. The van der Waals surface area contributed by atoms with Gasteiger partial charge in [0.2, 0.25) is 0 Å². The number of aromatic nitrogens is 3. The van der Waals surface area contributed by atoms with Gasteiger partial charge in [-0.1, -0.05) is 6.07 Å². The average molecular weight is 336 g/mol. The molecule has 0 spiro atoms. The van der Waals surface area contributed by atoms with Crippen LogP contribution in [0.4, 0.5) is 8.78 Å². The van der Waals surface area contributed by atoms with Crippen molar-refractivity contribution in [2.45, 2.75) is 51.4 Å². The van der Waals surface area contributed by atoms with Crippen LogP contribution in [0.3, 0.4) is 0 Å². The van der Waals surface area contributed by atoms with E-state index in [1.54, 1.807) is 6.07 Å². The molecule has 1 N–H and O–H groups in total. The maximum Gasteiger partial charge on any atom is 0.159 e. The number of aliphatic hydroxyl groups is 1. The van der Waals surface area contributed by atoms with Crippen LogP contribution in [0.1, 0.15) is 44.6 Å². The molecule has 5 nitrogen and oxygen atoms in total. The lowest BCUT2D eigenvalue weighted by atomic mass is 10.0. The highest BCUT2D eigenvalue weighted by Gasteiger charge is 2.34. The molecule has 3 rings (SSSR count). The summed E-state index contributed by atoms with van der Waals surface area (Å²) < 4.78 is 28.6. The van der Waals surface area contributed by atoms with E-state index in [1.165, 1.54) is 12.4 Å². The molecule has 130 valence electrons. The Morgan fingerprint density at radius 2 is 2.00 bits per heavy atom. The van der Waals surface area contributed by atoms with Gasteiger partial charge < -0.3 is 5.11 Å². The Hall–Kier alpha value is -1.86. The van der Waals surface area contributed by atoms with Crippen molar-refractivity contribution in [3.8, 4) is 0 Å². The van der Waals surface area contributed by atoms with Crippen molar-refractivity contribution in [1.29, 1.82) is 0 Å². The Labute approximate surface area is 139 Å². The highest BCUT2D eigenvalue weighted by molar-refractivity contribution is 5.23. The smallest absolute Gasteiger partial charge is 0.159 e. The fraction of sp³-hybridized carbons (Fsp3) is 0.529. The van der Waals surface area contributed by atoms with Gasteiger partial charge in [0.15, 0.2) is 11.6 Å². The van der Waals surface area contributed by atoms with Crippen molar-refractivity contribution in [1.82, 2.24) is 19.7 Å². The number of nitrogens with zero attached hydrogens (tertiary/aromatic N) is 4. The standard InChI is InChI=1S/C17H22F2N4O/c1-17(2,3)23-16(20-10-21-23)9-22-8-12(24)7-15(22)11-4-5-13(18)14(19)6-11/h4-6,10,12,15,24H,7-9H2,1-3H3/t12-,15+/m0/s1. The van der Waals surface area contributed by atoms with E-state index in [1.807, 2.05) is 30.4 Å². The summed E-state index contributed by atoms with van der Waals surface area (Å²) >= 11 is 0. The topological polar surface area (TPSA) is 54.2 Å². The lowest BCUT2D eigenvalue weighted by Gasteiger charge is -2.27. The fourth-order valence-electron chi connectivity index (χ4n) is 3.24.